The highest BCUT2D eigenvalue weighted by molar-refractivity contribution is 7.90. The van der Waals surface area contributed by atoms with Crippen LogP contribution in [0.3, 0.4) is 0 Å². The van der Waals surface area contributed by atoms with Crippen LogP contribution in [0.2, 0.25) is 0 Å². The zero-order chi connectivity index (χ0) is 16.6. The molecule has 1 aliphatic carbocycles. The maximum absolute atomic E-state index is 13.6. The van der Waals surface area contributed by atoms with Crippen LogP contribution in [0.25, 0.3) is 0 Å². The molecule has 0 saturated heterocycles. The van der Waals surface area contributed by atoms with Crippen LogP contribution in [0.5, 0.6) is 0 Å². The van der Waals surface area contributed by atoms with E-state index in [4.69, 9.17) is 0 Å². The normalized spacial score (nSPS) is 21.0. The van der Waals surface area contributed by atoms with Crippen molar-refractivity contribution in [3.05, 3.63) is 29.8 Å². The summed E-state index contributed by atoms with van der Waals surface area (Å²) in [5.74, 6) is 0.504. The fraction of sp³-hybridized carbons (Fsp3) is 0.500. The quantitative estimate of drug-likeness (QED) is 0.819. The molecule has 1 saturated carbocycles. The van der Waals surface area contributed by atoms with Crippen molar-refractivity contribution in [1.29, 1.82) is 0 Å². The molecule has 1 aromatic carbocycles. The van der Waals surface area contributed by atoms with Crippen LogP contribution in [0, 0.1) is 0 Å². The summed E-state index contributed by atoms with van der Waals surface area (Å²) in [6.07, 6.45) is 1.55. The van der Waals surface area contributed by atoms with Crippen molar-refractivity contribution in [1.82, 2.24) is 20.2 Å². The van der Waals surface area contributed by atoms with E-state index >= 15 is 0 Å². The Bertz CT molecular complexity index is 790. The Labute approximate surface area is 134 Å². The smallest absolute Gasteiger partial charge is 0.245 e. The van der Waals surface area contributed by atoms with Crippen LogP contribution in [0.1, 0.15) is 24.4 Å². The van der Waals surface area contributed by atoms with Crippen LogP contribution in [-0.4, -0.2) is 48.1 Å². The Kier molecular flexibility index (Phi) is 4.05. The van der Waals surface area contributed by atoms with E-state index in [0.717, 1.165) is 12.0 Å². The first-order chi connectivity index (χ1) is 10.9. The van der Waals surface area contributed by atoms with Gasteiger partial charge in [-0.2, -0.15) is 0 Å². The number of tetrazole rings is 1. The van der Waals surface area contributed by atoms with E-state index in [1.54, 1.807) is 24.3 Å². The highest BCUT2D eigenvalue weighted by atomic mass is 32.2. The van der Waals surface area contributed by atoms with Crippen molar-refractivity contribution in [2.75, 3.05) is 18.2 Å². The molecule has 2 atom stereocenters. The molecule has 23 heavy (non-hydrogen) atoms. The van der Waals surface area contributed by atoms with E-state index in [-0.39, 0.29) is 10.9 Å². The topological polar surface area (TPSA) is 81.0 Å². The SMILES string of the molecule is CN(Cc1ccc(S(C)(=O)=O)cc1)c1nnnn1[C@@H]1CC[C@@H]1F. The fourth-order valence-corrected chi connectivity index (χ4v) is 3.19. The van der Waals surface area contributed by atoms with Gasteiger partial charge in [-0.15, -0.1) is 0 Å². The lowest BCUT2D eigenvalue weighted by molar-refractivity contribution is 0.109. The average molecular weight is 339 g/mol. The number of aromatic nitrogens is 4. The molecule has 1 fully saturated rings. The van der Waals surface area contributed by atoms with Crippen molar-refractivity contribution < 1.29 is 12.8 Å². The van der Waals surface area contributed by atoms with Gasteiger partial charge in [-0.3, -0.25) is 0 Å². The summed E-state index contributed by atoms with van der Waals surface area (Å²) >= 11 is 0. The van der Waals surface area contributed by atoms with Gasteiger partial charge in [0.1, 0.15) is 6.17 Å². The monoisotopic (exact) mass is 339 g/mol. The second kappa shape index (κ2) is 5.88. The molecule has 9 heteroatoms. The summed E-state index contributed by atoms with van der Waals surface area (Å²) in [7, 11) is -1.38. The number of halogens is 1. The van der Waals surface area contributed by atoms with E-state index in [1.165, 1.54) is 10.9 Å². The van der Waals surface area contributed by atoms with E-state index in [1.807, 2.05) is 11.9 Å². The number of rotatable bonds is 5. The maximum atomic E-state index is 13.6. The Hall–Kier alpha value is -2.03. The van der Waals surface area contributed by atoms with E-state index in [0.29, 0.717) is 18.9 Å². The summed E-state index contributed by atoms with van der Waals surface area (Å²) in [6, 6.07) is 6.36. The Morgan fingerprint density at radius 3 is 2.52 bits per heavy atom. The van der Waals surface area contributed by atoms with E-state index in [2.05, 4.69) is 15.5 Å². The summed E-state index contributed by atoms with van der Waals surface area (Å²) in [5.41, 5.74) is 0.917. The highest BCUT2D eigenvalue weighted by Crippen LogP contribution is 2.36. The largest absolute Gasteiger partial charge is 0.338 e. The molecule has 7 nitrogen and oxygen atoms in total. The minimum atomic E-state index is -3.20. The number of sulfone groups is 1. The average Bonchev–Trinajstić information content (AvgIpc) is 2.94. The van der Waals surface area contributed by atoms with Gasteiger partial charge in [-0.1, -0.05) is 17.2 Å². The third-order valence-corrected chi connectivity index (χ3v) is 5.19. The van der Waals surface area contributed by atoms with Gasteiger partial charge in [0.2, 0.25) is 5.95 Å². The van der Waals surface area contributed by atoms with Crippen molar-refractivity contribution in [3.8, 4) is 0 Å². The fourth-order valence-electron chi connectivity index (χ4n) is 2.56. The van der Waals surface area contributed by atoms with Gasteiger partial charge in [-0.25, -0.2) is 17.5 Å². The molecule has 0 amide bonds. The Balaban J connectivity index is 1.75. The lowest BCUT2D eigenvalue weighted by atomic mass is 9.91. The van der Waals surface area contributed by atoms with Gasteiger partial charge in [0.05, 0.1) is 10.9 Å². The van der Waals surface area contributed by atoms with Gasteiger partial charge >= 0.3 is 0 Å². The first-order valence-electron chi connectivity index (χ1n) is 7.28. The molecule has 0 aliphatic heterocycles. The molecule has 124 valence electrons. The number of alkyl halides is 1. The summed E-state index contributed by atoms with van der Waals surface area (Å²) in [4.78, 5) is 2.10. The zero-order valence-corrected chi connectivity index (χ0v) is 13.7. The van der Waals surface area contributed by atoms with Gasteiger partial charge in [0.15, 0.2) is 9.84 Å². The predicted octanol–water partition coefficient (Wildman–Crippen LogP) is 1.39. The number of hydrogen-bond acceptors (Lipinski definition) is 6. The maximum Gasteiger partial charge on any atom is 0.245 e. The summed E-state index contributed by atoms with van der Waals surface area (Å²) in [6.45, 7) is 0.494. The zero-order valence-electron chi connectivity index (χ0n) is 12.9. The van der Waals surface area contributed by atoms with Crippen LogP contribution < -0.4 is 4.90 Å². The van der Waals surface area contributed by atoms with Gasteiger partial charge in [-0.05, 0) is 41.0 Å². The molecule has 0 spiro atoms. The first kappa shape index (κ1) is 15.9. The third kappa shape index (κ3) is 3.19. The molecule has 0 radical (unpaired) electrons. The molecule has 1 aromatic heterocycles. The highest BCUT2D eigenvalue weighted by Gasteiger charge is 2.35. The Morgan fingerprint density at radius 1 is 1.30 bits per heavy atom. The molecular weight excluding hydrogens is 321 g/mol. The lowest BCUT2D eigenvalue weighted by Gasteiger charge is -2.31. The van der Waals surface area contributed by atoms with E-state index in [9.17, 15) is 12.8 Å². The lowest BCUT2D eigenvalue weighted by Crippen LogP contribution is -2.34. The number of benzene rings is 1. The third-order valence-electron chi connectivity index (χ3n) is 4.06. The van der Waals surface area contributed by atoms with E-state index < -0.39 is 16.0 Å². The second-order valence-corrected chi connectivity index (χ2v) is 7.87. The number of hydrogen-bond donors (Lipinski definition) is 0. The minimum absolute atomic E-state index is 0.281. The molecule has 2 aromatic rings. The molecule has 3 rings (SSSR count). The second-order valence-electron chi connectivity index (χ2n) is 5.86. The van der Waals surface area contributed by atoms with Crippen LogP contribution in [0.15, 0.2) is 29.2 Å². The molecule has 1 aliphatic rings. The minimum Gasteiger partial charge on any atom is -0.338 e. The van der Waals surface area contributed by atoms with Crippen molar-refractivity contribution in [2.24, 2.45) is 0 Å². The Morgan fingerprint density at radius 2 is 2.00 bits per heavy atom. The van der Waals surface area contributed by atoms with Gasteiger partial charge in [0.25, 0.3) is 0 Å². The number of nitrogens with zero attached hydrogens (tertiary/aromatic N) is 5. The summed E-state index contributed by atoms with van der Waals surface area (Å²) in [5, 5.41) is 11.5. The van der Waals surface area contributed by atoms with Gasteiger partial charge < -0.3 is 4.90 Å². The van der Waals surface area contributed by atoms with Crippen LogP contribution in [0.4, 0.5) is 10.3 Å². The standard InChI is InChI=1S/C14H18FN5O2S/c1-19(9-10-3-5-11(6-4-10)23(2,21)22)14-16-17-18-20(14)13-8-7-12(13)15/h3-6,12-13H,7-9H2,1-2H3/t12-,13+/m0/s1. The van der Waals surface area contributed by atoms with Crippen LogP contribution >= 0.6 is 0 Å². The van der Waals surface area contributed by atoms with Crippen molar-refractivity contribution in [2.45, 2.75) is 36.5 Å². The molecule has 0 unspecified atom stereocenters. The summed E-state index contributed by atoms with van der Waals surface area (Å²) < 4.78 is 38.0. The predicted molar refractivity (Wildman–Crippen MR) is 82.6 cm³/mol. The number of anilines is 1. The van der Waals surface area contributed by atoms with Gasteiger partial charge in [0, 0.05) is 19.8 Å². The van der Waals surface area contributed by atoms with Crippen molar-refractivity contribution in [3.63, 3.8) is 0 Å². The molecular formula is C14H18FN5O2S. The molecule has 1 heterocycles. The first-order valence-corrected chi connectivity index (χ1v) is 9.17. The molecule has 0 N–H and O–H groups in total. The van der Waals surface area contributed by atoms with Crippen LogP contribution in [-0.2, 0) is 16.4 Å². The van der Waals surface area contributed by atoms with Crippen molar-refractivity contribution >= 4 is 15.8 Å². The molecule has 0 bridgehead atoms.